The molecule has 0 fully saturated rings. The molecule has 0 saturated carbocycles. The second kappa shape index (κ2) is 10.9. The van der Waals surface area contributed by atoms with E-state index in [2.05, 4.69) is 0 Å². The first-order chi connectivity index (χ1) is 18.6. The van der Waals surface area contributed by atoms with Crippen molar-refractivity contribution in [3.8, 4) is 5.75 Å². The second-order valence-electron chi connectivity index (χ2n) is 11.7. The molecule has 0 amide bonds. The van der Waals surface area contributed by atoms with Crippen LogP contribution in [0.4, 0.5) is 26.3 Å². The number of nitrogens with one attached hydrogen (secondary N) is 1. The number of halogens is 6. The highest BCUT2D eigenvalue weighted by Crippen LogP contribution is 2.42. The topological polar surface area (TPSA) is 77.1 Å². The first-order valence-electron chi connectivity index (χ1n) is 12.6. The van der Waals surface area contributed by atoms with Crippen LogP contribution in [0.3, 0.4) is 0 Å². The number of ether oxygens (including phenoxy) is 1. The number of benzene rings is 2. The molecule has 2 aromatic carbocycles. The Balaban J connectivity index is 2.13. The fourth-order valence-electron chi connectivity index (χ4n) is 4.23. The summed E-state index contributed by atoms with van der Waals surface area (Å²) < 4.78 is 87.4. The van der Waals surface area contributed by atoms with Gasteiger partial charge in [0.25, 0.3) is 0 Å². The maximum atomic E-state index is 13.9. The van der Waals surface area contributed by atoms with Crippen LogP contribution < -0.4 is 10.4 Å². The van der Waals surface area contributed by atoms with Crippen molar-refractivity contribution in [1.29, 1.82) is 5.41 Å². The number of hydrogen-bond acceptors (Lipinski definition) is 4. The number of ketones is 1. The van der Waals surface area contributed by atoms with Gasteiger partial charge in [-0.05, 0) is 28.5 Å². The van der Waals surface area contributed by atoms with Crippen molar-refractivity contribution in [2.75, 3.05) is 0 Å². The number of hydrogen-bond donors (Lipinski definition) is 1. The third-order valence-corrected chi connectivity index (χ3v) is 6.34. The molecular weight excluding hydrogens is 552 g/mol. The predicted molar refractivity (Wildman–Crippen MR) is 139 cm³/mol. The molecule has 1 N–H and O–H groups in total. The summed E-state index contributed by atoms with van der Waals surface area (Å²) in [7, 11) is 0. The Morgan fingerprint density at radius 3 is 1.80 bits per heavy atom. The summed E-state index contributed by atoms with van der Waals surface area (Å²) in [4.78, 5) is 25.3. The van der Waals surface area contributed by atoms with Crippen molar-refractivity contribution in [2.24, 2.45) is 0 Å². The molecule has 0 bridgehead atoms. The molecule has 0 spiro atoms. The van der Waals surface area contributed by atoms with Gasteiger partial charge in [-0.3, -0.25) is 10.2 Å². The van der Waals surface area contributed by atoms with E-state index in [-0.39, 0.29) is 29.0 Å². The predicted octanol–water partition coefficient (Wildman–Crippen LogP) is 6.78. The largest absolute Gasteiger partial charge is 0.491 e. The molecular formula is C29H31F6N3O3. The molecule has 0 atom stereocenters. The minimum atomic E-state index is -5.26. The first kappa shape index (κ1) is 31.7. The van der Waals surface area contributed by atoms with Crippen LogP contribution in [0.2, 0.25) is 0 Å². The van der Waals surface area contributed by atoms with Crippen LogP contribution in [0.15, 0.2) is 48.7 Å². The Kier molecular flexibility index (Phi) is 8.40. The highest BCUT2D eigenvalue weighted by atomic mass is 19.4. The molecule has 41 heavy (non-hydrogen) atoms. The average Bonchev–Trinajstić information content (AvgIpc) is 3.13. The van der Waals surface area contributed by atoms with Crippen LogP contribution >= 0.6 is 0 Å². The molecule has 0 radical (unpaired) electrons. The summed E-state index contributed by atoms with van der Waals surface area (Å²) in [5.74, 6) is -3.42. The lowest BCUT2D eigenvalue weighted by Crippen LogP contribution is -2.31. The van der Waals surface area contributed by atoms with Gasteiger partial charge in [0.05, 0.1) is 13.1 Å². The van der Waals surface area contributed by atoms with E-state index < -0.39 is 52.8 Å². The number of carbonyl (C=O) groups is 2. The van der Waals surface area contributed by atoms with E-state index in [0.29, 0.717) is 11.8 Å². The zero-order valence-corrected chi connectivity index (χ0v) is 23.4. The van der Waals surface area contributed by atoms with Gasteiger partial charge in [0.2, 0.25) is 5.62 Å². The number of carbonyl (C=O) groups excluding carboxylic acids is 2. The number of esters is 1. The number of imidazole rings is 1. The summed E-state index contributed by atoms with van der Waals surface area (Å²) in [5, 5.41) is 8.41. The Bertz CT molecular complexity index is 1470. The van der Waals surface area contributed by atoms with Crippen molar-refractivity contribution in [3.63, 3.8) is 0 Å². The maximum Gasteiger partial charge on any atom is 0.491 e. The lowest BCUT2D eigenvalue weighted by atomic mass is 9.78. The zero-order chi connectivity index (χ0) is 31.1. The van der Waals surface area contributed by atoms with E-state index in [9.17, 15) is 35.9 Å². The highest BCUT2D eigenvalue weighted by molar-refractivity contribution is 5.97. The molecule has 0 aliphatic rings. The Hall–Kier alpha value is -3.83. The maximum absolute atomic E-state index is 13.9. The van der Waals surface area contributed by atoms with E-state index >= 15 is 0 Å². The molecule has 0 saturated heterocycles. The second-order valence-corrected chi connectivity index (χ2v) is 11.7. The van der Waals surface area contributed by atoms with Gasteiger partial charge >= 0.3 is 18.3 Å². The number of aromatic nitrogens is 2. The summed E-state index contributed by atoms with van der Waals surface area (Å²) >= 11 is 0. The smallest absolute Gasteiger partial charge is 0.419 e. The van der Waals surface area contributed by atoms with Crippen molar-refractivity contribution in [1.82, 2.24) is 9.13 Å². The molecule has 0 aliphatic heterocycles. The third-order valence-electron chi connectivity index (χ3n) is 6.34. The molecule has 0 aliphatic carbocycles. The first-order valence-corrected chi connectivity index (χ1v) is 12.6. The zero-order valence-electron chi connectivity index (χ0n) is 23.4. The van der Waals surface area contributed by atoms with Gasteiger partial charge in [0, 0.05) is 22.9 Å². The fourth-order valence-corrected chi connectivity index (χ4v) is 4.23. The fraction of sp³-hybridized carbons (Fsp3) is 0.414. The Morgan fingerprint density at radius 2 is 1.37 bits per heavy atom. The van der Waals surface area contributed by atoms with E-state index in [0.717, 1.165) is 9.13 Å². The lowest BCUT2D eigenvalue weighted by molar-refractivity contribution is -0.189. The van der Waals surface area contributed by atoms with E-state index in [1.807, 2.05) is 0 Å². The van der Waals surface area contributed by atoms with Gasteiger partial charge in [-0.2, -0.15) is 26.3 Å². The summed E-state index contributed by atoms with van der Waals surface area (Å²) in [5.41, 5.74) is -2.67. The normalized spacial score (nSPS) is 12.9. The number of Topliss-reactive ketones (excluding diaryl/α,β-unsaturated/α-hetero) is 1. The minimum absolute atomic E-state index is 0.0112. The van der Waals surface area contributed by atoms with Gasteiger partial charge in [0.15, 0.2) is 5.78 Å². The quantitative estimate of drug-likeness (QED) is 0.150. The van der Waals surface area contributed by atoms with Crippen LogP contribution in [-0.2, 0) is 34.9 Å². The van der Waals surface area contributed by atoms with Crippen LogP contribution in [0.5, 0.6) is 5.75 Å². The van der Waals surface area contributed by atoms with Crippen molar-refractivity contribution >= 4 is 11.8 Å². The third kappa shape index (κ3) is 7.28. The van der Waals surface area contributed by atoms with E-state index in [1.165, 1.54) is 12.1 Å². The minimum Gasteiger partial charge on any atom is -0.419 e. The summed E-state index contributed by atoms with van der Waals surface area (Å²) in [6.07, 6.45) is -9.37. The molecule has 1 aromatic heterocycles. The van der Waals surface area contributed by atoms with Crippen LogP contribution in [0.1, 0.15) is 74.3 Å². The Labute approximate surface area is 233 Å². The number of nitrogens with zero attached hydrogens (tertiary/aromatic N) is 2. The van der Waals surface area contributed by atoms with Crippen molar-refractivity contribution in [3.05, 3.63) is 82.2 Å². The van der Waals surface area contributed by atoms with Gasteiger partial charge in [0.1, 0.15) is 11.4 Å². The SMILES string of the molecule is CC(C)(C)c1cc(C(=O)Cn2cc(C(F)(F)F)n(Cc3ccccc3)c2=N)cc(C(C)(C)C)c1OC(=O)C(F)(F)F. The van der Waals surface area contributed by atoms with Gasteiger partial charge in [-0.15, -0.1) is 0 Å². The van der Waals surface area contributed by atoms with Crippen molar-refractivity contribution in [2.45, 2.75) is 77.8 Å². The molecule has 3 rings (SSSR count). The van der Waals surface area contributed by atoms with Crippen molar-refractivity contribution < 1.29 is 40.7 Å². The van der Waals surface area contributed by atoms with Gasteiger partial charge < -0.3 is 13.9 Å². The van der Waals surface area contributed by atoms with Gasteiger partial charge in [-0.1, -0.05) is 71.9 Å². The summed E-state index contributed by atoms with van der Waals surface area (Å²) in [6.45, 7) is 9.05. The lowest BCUT2D eigenvalue weighted by Gasteiger charge is -2.30. The van der Waals surface area contributed by atoms with Crippen LogP contribution in [0.25, 0.3) is 0 Å². The molecule has 1 heterocycles. The van der Waals surface area contributed by atoms with E-state index in [4.69, 9.17) is 10.1 Å². The average molecular weight is 584 g/mol. The van der Waals surface area contributed by atoms with E-state index in [1.54, 1.807) is 71.9 Å². The number of rotatable bonds is 6. The molecule has 6 nitrogen and oxygen atoms in total. The highest BCUT2D eigenvalue weighted by Gasteiger charge is 2.43. The number of alkyl halides is 6. The standard InChI is InChI=1S/C29H31F6N3O3/c1-26(2,3)19-12-18(13-20(27(4,5)6)23(19)41-24(40)29(33,34)35)21(39)15-37-16-22(28(30,31)32)38(25(37)36)14-17-10-8-7-9-11-17/h7-13,16,36H,14-15H2,1-6H3. The Morgan fingerprint density at radius 1 is 0.854 bits per heavy atom. The van der Waals surface area contributed by atoms with Crippen LogP contribution in [0, 0.1) is 5.41 Å². The molecule has 0 unspecified atom stereocenters. The van der Waals surface area contributed by atoms with Crippen LogP contribution in [-0.4, -0.2) is 27.1 Å². The van der Waals surface area contributed by atoms with Gasteiger partial charge in [-0.25, -0.2) is 4.79 Å². The molecule has 222 valence electrons. The molecule has 12 heteroatoms. The monoisotopic (exact) mass is 583 g/mol. The summed E-state index contributed by atoms with van der Waals surface area (Å²) in [6, 6.07) is 10.8. The molecule has 3 aromatic rings.